The zero-order chi connectivity index (χ0) is 17.1. The molecule has 1 aromatic heterocycles. The second kappa shape index (κ2) is 6.79. The molecule has 3 amide bonds. The van der Waals surface area contributed by atoms with Crippen LogP contribution in [0, 0.1) is 0 Å². The van der Waals surface area contributed by atoms with Crippen molar-refractivity contribution in [1.82, 2.24) is 4.98 Å². The van der Waals surface area contributed by atoms with Gasteiger partial charge in [0.05, 0.1) is 12.1 Å². The Kier molecular flexibility index (Phi) is 4.57. The molecule has 3 rings (SSSR count). The van der Waals surface area contributed by atoms with E-state index in [-0.39, 0.29) is 18.2 Å². The van der Waals surface area contributed by atoms with Gasteiger partial charge in [-0.3, -0.25) is 19.3 Å². The Hall–Kier alpha value is -2.74. The second-order valence-electron chi connectivity index (χ2n) is 5.44. The lowest BCUT2D eigenvalue weighted by atomic mass is 10.2. The Labute approximate surface area is 142 Å². The van der Waals surface area contributed by atoms with Gasteiger partial charge in [-0.25, -0.2) is 4.98 Å². The number of nitrogens with two attached hydrogens (primary N) is 1. The second-order valence-corrected chi connectivity index (χ2v) is 6.28. The van der Waals surface area contributed by atoms with Crippen molar-refractivity contribution in [3.8, 4) is 0 Å². The van der Waals surface area contributed by atoms with E-state index in [2.05, 4.69) is 10.3 Å². The lowest BCUT2D eigenvalue weighted by Crippen LogP contribution is -2.23. The van der Waals surface area contributed by atoms with Crippen molar-refractivity contribution in [3.63, 3.8) is 0 Å². The molecule has 0 unspecified atom stereocenters. The number of hydrogen-bond donors (Lipinski definition) is 2. The van der Waals surface area contributed by atoms with Crippen LogP contribution in [0.15, 0.2) is 29.6 Å². The summed E-state index contributed by atoms with van der Waals surface area (Å²) in [5.41, 5.74) is 6.66. The van der Waals surface area contributed by atoms with Crippen LogP contribution in [0.2, 0.25) is 0 Å². The van der Waals surface area contributed by atoms with Gasteiger partial charge in [-0.1, -0.05) is 6.07 Å². The van der Waals surface area contributed by atoms with Crippen LogP contribution in [0.1, 0.15) is 28.9 Å². The van der Waals surface area contributed by atoms with Crippen molar-refractivity contribution in [3.05, 3.63) is 40.9 Å². The number of carbonyl (C=O) groups excluding carboxylic acids is 3. The highest BCUT2D eigenvalue weighted by atomic mass is 32.1. The summed E-state index contributed by atoms with van der Waals surface area (Å²) in [7, 11) is 0. The zero-order valence-electron chi connectivity index (χ0n) is 12.8. The van der Waals surface area contributed by atoms with Gasteiger partial charge in [-0.2, -0.15) is 0 Å². The van der Waals surface area contributed by atoms with Crippen molar-refractivity contribution in [2.75, 3.05) is 16.8 Å². The fourth-order valence-corrected chi connectivity index (χ4v) is 3.34. The highest BCUT2D eigenvalue weighted by Crippen LogP contribution is 2.25. The van der Waals surface area contributed by atoms with Crippen molar-refractivity contribution in [1.29, 1.82) is 0 Å². The number of hydrogen-bond acceptors (Lipinski definition) is 5. The Morgan fingerprint density at radius 1 is 1.38 bits per heavy atom. The quantitative estimate of drug-likeness (QED) is 0.858. The Morgan fingerprint density at radius 2 is 2.21 bits per heavy atom. The van der Waals surface area contributed by atoms with Crippen molar-refractivity contribution in [2.24, 2.45) is 5.73 Å². The van der Waals surface area contributed by atoms with Crippen molar-refractivity contribution >= 4 is 39.9 Å². The van der Waals surface area contributed by atoms with E-state index in [1.165, 1.54) is 17.4 Å². The molecule has 1 saturated heterocycles. The predicted molar refractivity (Wildman–Crippen MR) is 91.0 cm³/mol. The van der Waals surface area contributed by atoms with Crippen molar-refractivity contribution < 1.29 is 14.4 Å². The number of carbonyl (C=O) groups is 3. The lowest BCUT2D eigenvalue weighted by molar-refractivity contribution is -0.117. The number of nitrogens with zero attached hydrogens (tertiary/aromatic N) is 2. The van der Waals surface area contributed by atoms with Crippen LogP contribution in [0.3, 0.4) is 0 Å². The topological polar surface area (TPSA) is 105 Å². The standard InChI is InChI=1S/C16H16N4O3S/c17-15(23)10-3-1-4-11(7-10)18-13(21)8-12-9-24-16(19-12)20-6-2-5-14(20)22/h1,3-4,7,9H,2,5-6,8H2,(H2,17,23)(H,18,21). The first-order valence-corrected chi connectivity index (χ1v) is 8.35. The molecule has 1 aliphatic heterocycles. The highest BCUT2D eigenvalue weighted by Gasteiger charge is 2.24. The third kappa shape index (κ3) is 3.60. The number of thiazole rings is 1. The Bertz CT molecular complexity index is 802. The Balaban J connectivity index is 1.63. The maximum absolute atomic E-state index is 12.1. The molecule has 0 spiro atoms. The molecular weight excluding hydrogens is 328 g/mol. The van der Waals surface area contributed by atoms with Crippen LogP contribution < -0.4 is 16.0 Å². The summed E-state index contributed by atoms with van der Waals surface area (Å²) in [6, 6.07) is 6.43. The summed E-state index contributed by atoms with van der Waals surface area (Å²) in [6.07, 6.45) is 1.48. The van der Waals surface area contributed by atoms with Crippen LogP contribution in [0.25, 0.3) is 0 Å². The molecule has 0 bridgehead atoms. The van der Waals surface area contributed by atoms with Gasteiger partial charge in [0.2, 0.25) is 17.7 Å². The number of amides is 3. The molecule has 0 aliphatic carbocycles. The van der Waals surface area contributed by atoms with Gasteiger partial charge in [-0.05, 0) is 24.6 Å². The van der Waals surface area contributed by atoms with Crippen molar-refractivity contribution in [2.45, 2.75) is 19.3 Å². The third-order valence-corrected chi connectivity index (χ3v) is 4.53. The number of rotatable bonds is 5. The van der Waals surface area contributed by atoms with E-state index < -0.39 is 5.91 Å². The number of anilines is 2. The van der Waals surface area contributed by atoms with Gasteiger partial charge in [0.25, 0.3) is 0 Å². The van der Waals surface area contributed by atoms with Crippen LogP contribution in [-0.2, 0) is 16.0 Å². The van der Waals surface area contributed by atoms with Gasteiger partial charge < -0.3 is 11.1 Å². The molecule has 24 heavy (non-hydrogen) atoms. The summed E-state index contributed by atoms with van der Waals surface area (Å²) in [5, 5.41) is 5.12. The zero-order valence-corrected chi connectivity index (χ0v) is 13.6. The van der Waals surface area contributed by atoms with Crippen LogP contribution in [0.4, 0.5) is 10.8 Å². The smallest absolute Gasteiger partial charge is 0.248 e. The molecule has 1 fully saturated rings. The minimum Gasteiger partial charge on any atom is -0.366 e. The van der Waals surface area contributed by atoms with Crippen LogP contribution in [-0.4, -0.2) is 29.3 Å². The normalized spacial score (nSPS) is 14.0. The fraction of sp³-hybridized carbons (Fsp3) is 0.250. The molecule has 7 nitrogen and oxygen atoms in total. The van der Waals surface area contributed by atoms with Gasteiger partial charge in [0, 0.05) is 29.6 Å². The molecule has 124 valence electrons. The minimum atomic E-state index is -0.550. The molecule has 3 N–H and O–H groups in total. The molecule has 0 atom stereocenters. The van der Waals surface area contributed by atoms with Gasteiger partial charge in [-0.15, -0.1) is 11.3 Å². The van der Waals surface area contributed by atoms with E-state index in [1.807, 2.05) is 0 Å². The molecule has 1 aliphatic rings. The third-order valence-electron chi connectivity index (χ3n) is 3.62. The summed E-state index contributed by atoms with van der Waals surface area (Å²) in [4.78, 5) is 41.0. The number of primary amides is 1. The van der Waals surface area contributed by atoms with Gasteiger partial charge in [0.15, 0.2) is 5.13 Å². The number of benzene rings is 1. The average Bonchev–Trinajstić information content (AvgIpc) is 3.16. The maximum atomic E-state index is 12.1. The van der Waals surface area contributed by atoms with E-state index in [0.717, 1.165) is 6.42 Å². The minimum absolute atomic E-state index is 0.0728. The average molecular weight is 344 g/mol. The monoisotopic (exact) mass is 344 g/mol. The molecule has 1 aromatic carbocycles. The maximum Gasteiger partial charge on any atom is 0.248 e. The van der Waals surface area contributed by atoms with Crippen LogP contribution in [0.5, 0.6) is 0 Å². The molecule has 8 heteroatoms. The van der Waals surface area contributed by atoms with E-state index >= 15 is 0 Å². The van der Waals surface area contributed by atoms with Gasteiger partial charge >= 0.3 is 0 Å². The SMILES string of the molecule is NC(=O)c1cccc(NC(=O)Cc2csc(N3CCCC3=O)n2)c1. The molecular formula is C16H16N4O3S. The first kappa shape index (κ1) is 16.1. The summed E-state index contributed by atoms with van der Waals surface area (Å²) >= 11 is 1.36. The fourth-order valence-electron chi connectivity index (χ4n) is 2.47. The van der Waals surface area contributed by atoms with E-state index in [1.54, 1.807) is 28.5 Å². The molecule has 2 aromatic rings. The van der Waals surface area contributed by atoms with Crippen LogP contribution >= 0.6 is 11.3 Å². The van der Waals surface area contributed by atoms with E-state index in [0.29, 0.717) is 35.0 Å². The summed E-state index contributed by atoms with van der Waals surface area (Å²) < 4.78 is 0. The first-order valence-electron chi connectivity index (χ1n) is 7.47. The number of aromatic nitrogens is 1. The highest BCUT2D eigenvalue weighted by molar-refractivity contribution is 7.14. The largest absolute Gasteiger partial charge is 0.366 e. The summed E-state index contributed by atoms with van der Waals surface area (Å²) in [6.45, 7) is 0.678. The lowest BCUT2D eigenvalue weighted by Gasteiger charge is -2.10. The molecule has 0 saturated carbocycles. The molecule has 0 radical (unpaired) electrons. The molecule has 2 heterocycles. The van der Waals surface area contributed by atoms with E-state index in [4.69, 9.17) is 5.73 Å². The first-order chi connectivity index (χ1) is 11.5. The van der Waals surface area contributed by atoms with E-state index in [9.17, 15) is 14.4 Å². The Morgan fingerprint density at radius 3 is 2.92 bits per heavy atom. The van der Waals surface area contributed by atoms with Gasteiger partial charge in [0.1, 0.15) is 0 Å². The number of nitrogens with one attached hydrogen (secondary N) is 1. The summed E-state index contributed by atoms with van der Waals surface area (Å²) in [5.74, 6) is -0.727. The predicted octanol–water partition coefficient (Wildman–Crippen LogP) is 1.55.